The van der Waals surface area contributed by atoms with E-state index in [2.05, 4.69) is 47.6 Å². The molecule has 0 saturated heterocycles. The first kappa shape index (κ1) is 12.5. The van der Waals surface area contributed by atoms with Crippen molar-refractivity contribution in [2.45, 2.75) is 45.6 Å². The number of H-pyrrole nitrogens is 1. The molecular weight excluding hydrogens is 234 g/mol. The number of hydrogen-bond acceptors (Lipinski definition) is 2. The van der Waals surface area contributed by atoms with Crippen molar-refractivity contribution in [3.8, 4) is 0 Å². The predicted octanol–water partition coefficient (Wildman–Crippen LogP) is 4.19. The summed E-state index contributed by atoms with van der Waals surface area (Å²) in [4.78, 5) is 0. The Morgan fingerprint density at radius 1 is 1.32 bits per heavy atom. The van der Waals surface area contributed by atoms with E-state index in [1.807, 2.05) is 6.20 Å². The monoisotopic (exact) mass is 257 g/mol. The van der Waals surface area contributed by atoms with Gasteiger partial charge in [0.15, 0.2) is 0 Å². The summed E-state index contributed by atoms with van der Waals surface area (Å²) < 4.78 is 0. The predicted molar refractivity (Wildman–Crippen MR) is 80.3 cm³/mol. The number of anilines is 1. The molecule has 1 aromatic heterocycles. The third kappa shape index (κ3) is 2.75. The smallest absolute Gasteiger partial charge is 0.0670 e. The van der Waals surface area contributed by atoms with Crippen LogP contribution in [0.4, 0.5) is 5.69 Å². The lowest BCUT2D eigenvalue weighted by molar-refractivity contribution is 0.264. The van der Waals surface area contributed by atoms with E-state index in [-0.39, 0.29) is 0 Å². The summed E-state index contributed by atoms with van der Waals surface area (Å²) in [6, 6.07) is 7.09. The number of aromatic amines is 1. The molecule has 1 fully saturated rings. The summed E-state index contributed by atoms with van der Waals surface area (Å²) in [5.41, 5.74) is 2.33. The molecule has 2 atom stereocenters. The number of nitrogens with one attached hydrogen (secondary N) is 2. The Bertz CT molecular complexity index is 544. The van der Waals surface area contributed by atoms with Gasteiger partial charge < -0.3 is 5.32 Å². The second-order valence-corrected chi connectivity index (χ2v) is 6.18. The quantitative estimate of drug-likeness (QED) is 0.865. The maximum atomic E-state index is 4.07. The highest BCUT2D eigenvalue weighted by Crippen LogP contribution is 2.31. The summed E-state index contributed by atoms with van der Waals surface area (Å²) in [5, 5.41) is 12.0. The fourth-order valence-electron chi connectivity index (χ4n) is 3.23. The number of fused-ring (bicyclic) bond motifs is 1. The summed E-state index contributed by atoms with van der Waals surface area (Å²) in [5.74, 6) is 1.68. The van der Waals surface area contributed by atoms with Crippen LogP contribution in [0.2, 0.25) is 0 Å². The first-order valence-electron chi connectivity index (χ1n) is 7.42. The number of hydrogen-bond donors (Lipinski definition) is 2. The molecule has 3 nitrogen and oxygen atoms in total. The van der Waals surface area contributed by atoms with Gasteiger partial charge in [-0.1, -0.05) is 26.7 Å². The molecule has 1 aliphatic carbocycles. The highest BCUT2D eigenvalue weighted by atomic mass is 15.1. The molecule has 1 saturated carbocycles. The lowest BCUT2D eigenvalue weighted by atomic mass is 9.79. The van der Waals surface area contributed by atoms with Crippen molar-refractivity contribution in [2.24, 2.45) is 11.8 Å². The van der Waals surface area contributed by atoms with Crippen LogP contribution in [-0.4, -0.2) is 16.2 Å². The molecule has 1 aliphatic rings. The van der Waals surface area contributed by atoms with Crippen molar-refractivity contribution >= 4 is 16.6 Å². The van der Waals surface area contributed by atoms with E-state index in [1.54, 1.807) is 0 Å². The van der Waals surface area contributed by atoms with E-state index in [4.69, 9.17) is 0 Å². The SMILES string of the molecule is CC(C)C1CCCC(Nc2ccc3cn[nH]c3c2)C1. The number of rotatable bonds is 3. The molecule has 0 aliphatic heterocycles. The topological polar surface area (TPSA) is 40.7 Å². The minimum absolute atomic E-state index is 0.626. The maximum Gasteiger partial charge on any atom is 0.0670 e. The fourth-order valence-corrected chi connectivity index (χ4v) is 3.23. The van der Waals surface area contributed by atoms with Crippen LogP contribution in [0.15, 0.2) is 24.4 Å². The zero-order chi connectivity index (χ0) is 13.2. The van der Waals surface area contributed by atoms with Crippen molar-refractivity contribution in [3.05, 3.63) is 24.4 Å². The molecule has 1 aromatic carbocycles. The Labute approximate surface area is 114 Å². The molecule has 3 heteroatoms. The lowest BCUT2D eigenvalue weighted by Crippen LogP contribution is -2.29. The Hall–Kier alpha value is -1.51. The van der Waals surface area contributed by atoms with E-state index in [0.717, 1.165) is 17.4 Å². The van der Waals surface area contributed by atoms with Crippen molar-refractivity contribution in [2.75, 3.05) is 5.32 Å². The molecule has 0 bridgehead atoms. The van der Waals surface area contributed by atoms with Gasteiger partial charge in [-0.05, 0) is 42.9 Å². The van der Waals surface area contributed by atoms with Gasteiger partial charge in [-0.2, -0.15) is 5.10 Å². The van der Waals surface area contributed by atoms with Crippen molar-refractivity contribution < 1.29 is 0 Å². The zero-order valence-electron chi connectivity index (χ0n) is 11.8. The van der Waals surface area contributed by atoms with Crippen LogP contribution in [0.25, 0.3) is 10.9 Å². The highest BCUT2D eigenvalue weighted by Gasteiger charge is 2.23. The van der Waals surface area contributed by atoms with Gasteiger partial charge in [0.25, 0.3) is 0 Å². The van der Waals surface area contributed by atoms with Gasteiger partial charge in [0.1, 0.15) is 0 Å². The first-order valence-corrected chi connectivity index (χ1v) is 7.42. The molecule has 2 unspecified atom stereocenters. The minimum Gasteiger partial charge on any atom is -0.382 e. The Morgan fingerprint density at radius 3 is 3.05 bits per heavy atom. The van der Waals surface area contributed by atoms with Gasteiger partial charge in [-0.3, -0.25) is 5.10 Å². The molecule has 2 aromatic rings. The van der Waals surface area contributed by atoms with Gasteiger partial charge in [0.2, 0.25) is 0 Å². The van der Waals surface area contributed by atoms with Crippen LogP contribution in [0, 0.1) is 11.8 Å². The second-order valence-electron chi connectivity index (χ2n) is 6.18. The summed E-state index contributed by atoms with van der Waals surface area (Å²) in [6.07, 6.45) is 7.22. The lowest BCUT2D eigenvalue weighted by Gasteiger charge is -2.32. The molecule has 2 N–H and O–H groups in total. The number of nitrogens with zero attached hydrogens (tertiary/aromatic N) is 1. The van der Waals surface area contributed by atoms with Crippen molar-refractivity contribution in [1.29, 1.82) is 0 Å². The van der Waals surface area contributed by atoms with Gasteiger partial charge in [-0.15, -0.1) is 0 Å². The molecule has 3 rings (SSSR count). The summed E-state index contributed by atoms with van der Waals surface area (Å²) in [6.45, 7) is 4.70. The normalized spacial score (nSPS) is 23.9. The van der Waals surface area contributed by atoms with Gasteiger partial charge in [0, 0.05) is 17.1 Å². The van der Waals surface area contributed by atoms with E-state index < -0.39 is 0 Å². The van der Waals surface area contributed by atoms with Gasteiger partial charge >= 0.3 is 0 Å². The average Bonchev–Trinajstić information content (AvgIpc) is 2.86. The Kier molecular flexibility index (Phi) is 3.45. The number of benzene rings is 1. The van der Waals surface area contributed by atoms with E-state index in [9.17, 15) is 0 Å². The van der Waals surface area contributed by atoms with E-state index >= 15 is 0 Å². The van der Waals surface area contributed by atoms with Gasteiger partial charge in [0.05, 0.1) is 11.7 Å². The molecule has 0 amide bonds. The van der Waals surface area contributed by atoms with Crippen LogP contribution in [0.5, 0.6) is 0 Å². The van der Waals surface area contributed by atoms with Crippen LogP contribution < -0.4 is 5.32 Å². The van der Waals surface area contributed by atoms with Crippen molar-refractivity contribution in [1.82, 2.24) is 10.2 Å². The van der Waals surface area contributed by atoms with Crippen LogP contribution >= 0.6 is 0 Å². The van der Waals surface area contributed by atoms with Crippen LogP contribution in [0.1, 0.15) is 39.5 Å². The second kappa shape index (κ2) is 5.24. The molecule has 0 spiro atoms. The molecular formula is C16H23N3. The standard InChI is InChI=1S/C16H23N3/c1-11(2)12-4-3-5-14(8-12)18-15-7-6-13-10-17-19-16(13)9-15/h6-7,9-12,14,18H,3-5,8H2,1-2H3,(H,17,19). The summed E-state index contributed by atoms with van der Waals surface area (Å²) in [7, 11) is 0. The molecule has 0 radical (unpaired) electrons. The van der Waals surface area contributed by atoms with Crippen LogP contribution in [-0.2, 0) is 0 Å². The fraction of sp³-hybridized carbons (Fsp3) is 0.562. The molecule has 19 heavy (non-hydrogen) atoms. The third-order valence-corrected chi connectivity index (χ3v) is 4.47. The van der Waals surface area contributed by atoms with Gasteiger partial charge in [-0.25, -0.2) is 0 Å². The van der Waals surface area contributed by atoms with E-state index in [1.165, 1.54) is 36.8 Å². The van der Waals surface area contributed by atoms with Crippen molar-refractivity contribution in [3.63, 3.8) is 0 Å². The van der Waals surface area contributed by atoms with Crippen LogP contribution in [0.3, 0.4) is 0 Å². The highest BCUT2D eigenvalue weighted by molar-refractivity contribution is 5.81. The largest absolute Gasteiger partial charge is 0.382 e. The van der Waals surface area contributed by atoms with E-state index in [0.29, 0.717) is 6.04 Å². The maximum absolute atomic E-state index is 4.07. The Morgan fingerprint density at radius 2 is 2.21 bits per heavy atom. The average molecular weight is 257 g/mol. The summed E-state index contributed by atoms with van der Waals surface area (Å²) >= 11 is 0. The number of aromatic nitrogens is 2. The first-order chi connectivity index (χ1) is 9.22. The molecule has 1 heterocycles. The third-order valence-electron chi connectivity index (χ3n) is 4.47. The Balaban J connectivity index is 1.69. The zero-order valence-corrected chi connectivity index (χ0v) is 11.8. The molecule has 102 valence electrons. The minimum atomic E-state index is 0.626.